The zero-order chi connectivity index (χ0) is 14.3. The summed E-state index contributed by atoms with van der Waals surface area (Å²) in [6, 6.07) is 9.21. The number of hydrogen-bond acceptors (Lipinski definition) is 3. The molecule has 0 saturated heterocycles. The summed E-state index contributed by atoms with van der Waals surface area (Å²) in [5.74, 6) is -0.329. The van der Waals surface area contributed by atoms with Gasteiger partial charge in [-0.15, -0.1) is 0 Å². The Kier molecular flexibility index (Phi) is 6.30. The molecule has 0 fully saturated rings. The van der Waals surface area contributed by atoms with Crippen molar-refractivity contribution >= 4 is 5.97 Å². The molecule has 0 spiro atoms. The number of carbonyl (C=O) groups excluding carboxylic acids is 1. The number of unbranched alkanes of at least 4 members (excludes halogenated alkanes) is 1. The van der Waals surface area contributed by atoms with Gasteiger partial charge in [0.1, 0.15) is 0 Å². The van der Waals surface area contributed by atoms with Crippen molar-refractivity contribution in [3.63, 3.8) is 0 Å². The van der Waals surface area contributed by atoms with E-state index in [9.17, 15) is 4.79 Å². The van der Waals surface area contributed by atoms with Crippen LogP contribution in [-0.4, -0.2) is 13.1 Å². The van der Waals surface area contributed by atoms with E-state index in [4.69, 9.17) is 10.5 Å². The van der Waals surface area contributed by atoms with Crippen molar-refractivity contribution in [3.8, 4) is 0 Å². The highest BCUT2D eigenvalue weighted by molar-refractivity contribution is 5.90. The molecule has 19 heavy (non-hydrogen) atoms. The molecule has 3 heteroatoms. The lowest BCUT2D eigenvalue weighted by Crippen LogP contribution is -2.22. The predicted octanol–water partition coefficient (Wildman–Crippen LogP) is 3.37. The molecule has 0 heterocycles. The van der Waals surface area contributed by atoms with Crippen LogP contribution in [0.5, 0.6) is 0 Å². The molecular formula is C16H23NO2. The van der Waals surface area contributed by atoms with E-state index in [0.717, 1.165) is 30.4 Å². The van der Waals surface area contributed by atoms with E-state index in [2.05, 4.69) is 6.92 Å². The van der Waals surface area contributed by atoms with Crippen molar-refractivity contribution in [2.45, 2.75) is 39.2 Å². The molecule has 1 atom stereocenters. The van der Waals surface area contributed by atoms with Crippen molar-refractivity contribution in [2.24, 2.45) is 5.73 Å². The highest BCUT2D eigenvalue weighted by atomic mass is 16.5. The molecule has 1 rings (SSSR count). The van der Waals surface area contributed by atoms with Crippen LogP contribution in [0.1, 0.15) is 44.7 Å². The first-order chi connectivity index (χ1) is 9.11. The van der Waals surface area contributed by atoms with Crippen molar-refractivity contribution in [3.05, 3.63) is 47.0 Å². The summed E-state index contributed by atoms with van der Waals surface area (Å²) in [4.78, 5) is 12.0. The quantitative estimate of drug-likeness (QED) is 0.631. The predicted molar refractivity (Wildman–Crippen MR) is 77.6 cm³/mol. The maximum atomic E-state index is 12.0. The molecule has 3 nitrogen and oxygen atoms in total. The Balaban J connectivity index is 3.07. The molecule has 0 aliphatic heterocycles. The van der Waals surface area contributed by atoms with E-state index in [1.54, 1.807) is 0 Å². The number of ether oxygens (including phenoxy) is 1. The van der Waals surface area contributed by atoms with Crippen molar-refractivity contribution in [2.75, 3.05) is 7.11 Å². The van der Waals surface area contributed by atoms with Crippen LogP contribution in [0.25, 0.3) is 0 Å². The van der Waals surface area contributed by atoms with Gasteiger partial charge in [0, 0.05) is 0 Å². The Hall–Kier alpha value is -1.61. The Morgan fingerprint density at radius 2 is 1.95 bits per heavy atom. The first kappa shape index (κ1) is 15.4. The Labute approximate surface area is 115 Å². The van der Waals surface area contributed by atoms with E-state index in [1.807, 2.05) is 37.3 Å². The maximum Gasteiger partial charge on any atom is 0.335 e. The number of carbonyl (C=O) groups is 1. The highest BCUT2D eigenvalue weighted by Gasteiger charge is 2.22. The van der Waals surface area contributed by atoms with Crippen LogP contribution in [0.4, 0.5) is 0 Å². The number of allylic oxidation sites excluding steroid dienone is 1. The molecule has 0 amide bonds. The maximum absolute atomic E-state index is 12.0. The second-order valence-electron chi connectivity index (χ2n) is 4.68. The summed E-state index contributed by atoms with van der Waals surface area (Å²) in [6.45, 7) is 4.09. The number of rotatable bonds is 6. The first-order valence-corrected chi connectivity index (χ1v) is 6.70. The van der Waals surface area contributed by atoms with Crippen molar-refractivity contribution in [1.29, 1.82) is 0 Å². The van der Waals surface area contributed by atoms with Crippen molar-refractivity contribution < 1.29 is 9.53 Å². The van der Waals surface area contributed by atoms with Gasteiger partial charge >= 0.3 is 5.97 Å². The standard InChI is InChI=1S/C16H23NO2/c1-4-5-9-12(2)14(16(18)19-3)15(17)13-10-7-6-8-11-13/h6-8,10-11,15H,4-5,9,17H2,1-3H3. The number of nitrogens with two attached hydrogens (primary N) is 1. The highest BCUT2D eigenvalue weighted by Crippen LogP contribution is 2.25. The van der Waals surface area contributed by atoms with Crippen LogP contribution in [0.2, 0.25) is 0 Å². The second kappa shape index (κ2) is 7.74. The summed E-state index contributed by atoms with van der Waals surface area (Å²) >= 11 is 0. The molecule has 1 aromatic carbocycles. The van der Waals surface area contributed by atoms with Gasteiger partial charge in [-0.05, 0) is 25.3 Å². The second-order valence-corrected chi connectivity index (χ2v) is 4.68. The lowest BCUT2D eigenvalue weighted by Gasteiger charge is -2.18. The van der Waals surface area contributed by atoms with E-state index in [1.165, 1.54) is 7.11 Å². The van der Waals surface area contributed by atoms with Gasteiger partial charge in [0.25, 0.3) is 0 Å². The van der Waals surface area contributed by atoms with Gasteiger partial charge in [0.05, 0.1) is 18.7 Å². The van der Waals surface area contributed by atoms with Crippen LogP contribution in [0, 0.1) is 0 Å². The normalized spacial score (nSPS) is 13.7. The van der Waals surface area contributed by atoms with E-state index >= 15 is 0 Å². The van der Waals surface area contributed by atoms with Crippen LogP contribution < -0.4 is 5.73 Å². The minimum Gasteiger partial charge on any atom is -0.466 e. The first-order valence-electron chi connectivity index (χ1n) is 6.70. The Morgan fingerprint density at radius 3 is 2.47 bits per heavy atom. The summed E-state index contributed by atoms with van der Waals surface area (Å²) < 4.78 is 4.88. The summed E-state index contributed by atoms with van der Waals surface area (Å²) in [7, 11) is 1.40. The third-order valence-corrected chi connectivity index (χ3v) is 3.24. The van der Waals surface area contributed by atoms with Crippen LogP contribution in [0.15, 0.2) is 41.5 Å². The fourth-order valence-electron chi connectivity index (χ4n) is 2.08. The SMILES string of the molecule is CCCCC(C)=C(C(=O)OC)C(N)c1ccccc1. The topological polar surface area (TPSA) is 52.3 Å². The lowest BCUT2D eigenvalue weighted by molar-refractivity contribution is -0.136. The van der Waals surface area contributed by atoms with Gasteiger partial charge in [-0.3, -0.25) is 0 Å². The van der Waals surface area contributed by atoms with Gasteiger partial charge in [-0.2, -0.15) is 0 Å². The molecule has 0 aliphatic carbocycles. The monoisotopic (exact) mass is 261 g/mol. The molecule has 1 aromatic rings. The fourth-order valence-corrected chi connectivity index (χ4v) is 2.08. The number of esters is 1. The minimum absolute atomic E-state index is 0.329. The summed E-state index contributed by atoms with van der Waals surface area (Å²) in [6.07, 6.45) is 3.02. The average Bonchev–Trinajstić information content (AvgIpc) is 2.45. The van der Waals surface area contributed by atoms with E-state index in [-0.39, 0.29) is 5.97 Å². The van der Waals surface area contributed by atoms with Crippen molar-refractivity contribution in [1.82, 2.24) is 0 Å². The average molecular weight is 261 g/mol. The van der Waals surface area contributed by atoms with Crippen LogP contribution in [-0.2, 0) is 9.53 Å². The summed E-state index contributed by atoms with van der Waals surface area (Å²) in [5, 5.41) is 0. The molecule has 104 valence electrons. The van der Waals surface area contributed by atoms with Gasteiger partial charge in [-0.1, -0.05) is 49.2 Å². The van der Waals surface area contributed by atoms with Gasteiger partial charge < -0.3 is 10.5 Å². The molecule has 0 radical (unpaired) electrons. The largest absolute Gasteiger partial charge is 0.466 e. The third-order valence-electron chi connectivity index (χ3n) is 3.24. The smallest absolute Gasteiger partial charge is 0.335 e. The van der Waals surface area contributed by atoms with Crippen LogP contribution in [0.3, 0.4) is 0 Å². The fraction of sp³-hybridized carbons (Fsp3) is 0.438. The van der Waals surface area contributed by atoms with E-state index < -0.39 is 6.04 Å². The van der Waals surface area contributed by atoms with Gasteiger partial charge in [-0.25, -0.2) is 4.79 Å². The van der Waals surface area contributed by atoms with Gasteiger partial charge in [0.2, 0.25) is 0 Å². The number of benzene rings is 1. The molecule has 1 unspecified atom stereocenters. The van der Waals surface area contributed by atoms with E-state index in [0.29, 0.717) is 5.57 Å². The third kappa shape index (κ3) is 4.21. The number of methoxy groups -OCH3 is 1. The molecule has 0 saturated carbocycles. The summed E-state index contributed by atoms with van der Waals surface area (Å²) in [5.41, 5.74) is 8.76. The number of hydrogen-bond donors (Lipinski definition) is 1. The Morgan fingerprint density at radius 1 is 1.32 bits per heavy atom. The molecule has 0 aromatic heterocycles. The molecule has 0 aliphatic rings. The van der Waals surface area contributed by atoms with Gasteiger partial charge in [0.15, 0.2) is 0 Å². The molecular weight excluding hydrogens is 238 g/mol. The van der Waals surface area contributed by atoms with Crippen LogP contribution >= 0.6 is 0 Å². The zero-order valence-electron chi connectivity index (χ0n) is 12.0. The molecule has 2 N–H and O–H groups in total. The minimum atomic E-state index is -0.425. The Bertz CT molecular complexity index is 437. The zero-order valence-corrected chi connectivity index (χ0v) is 12.0. The lowest BCUT2D eigenvalue weighted by atomic mass is 9.93. The molecule has 0 bridgehead atoms.